The Kier molecular flexibility index (Phi) is 6.50. The van der Waals surface area contributed by atoms with Crippen LogP contribution in [0, 0.1) is 0 Å². The van der Waals surface area contributed by atoms with Gasteiger partial charge in [0.15, 0.2) is 23.9 Å². The summed E-state index contributed by atoms with van der Waals surface area (Å²) in [5.74, 6) is 2.06. The fourth-order valence-electron chi connectivity index (χ4n) is 3.04. The van der Waals surface area contributed by atoms with Gasteiger partial charge in [0.1, 0.15) is 12.3 Å². The number of hydrogen-bond donors (Lipinski definition) is 3. The van der Waals surface area contributed by atoms with Crippen molar-refractivity contribution >= 4 is 16.8 Å². The Morgan fingerprint density at radius 1 is 1.28 bits per heavy atom. The van der Waals surface area contributed by atoms with Crippen molar-refractivity contribution in [3.8, 4) is 11.5 Å². The van der Waals surface area contributed by atoms with Gasteiger partial charge in [0.05, 0.1) is 44.5 Å². The van der Waals surface area contributed by atoms with Gasteiger partial charge in [-0.3, -0.25) is 9.59 Å². The lowest BCUT2D eigenvalue weighted by molar-refractivity contribution is -0.904. The number of amides is 1. The Labute approximate surface area is 167 Å². The molecule has 2 heterocycles. The van der Waals surface area contributed by atoms with E-state index in [0.717, 1.165) is 4.90 Å². The van der Waals surface area contributed by atoms with E-state index in [2.05, 4.69) is 15.3 Å². The molecule has 9 nitrogen and oxygen atoms in total. The molecule has 1 atom stereocenters. The first kappa shape index (κ1) is 20.4. The van der Waals surface area contributed by atoms with Gasteiger partial charge >= 0.3 is 0 Å². The lowest BCUT2D eigenvalue weighted by atomic mass is 10.2. The zero-order valence-electron chi connectivity index (χ0n) is 16.7. The number of H-pyrrole nitrogens is 1. The second kappa shape index (κ2) is 9.24. The monoisotopic (exact) mass is 401 g/mol. The number of aromatic amines is 1. The number of carbonyl (C=O) groups is 1. The van der Waals surface area contributed by atoms with E-state index in [1.165, 1.54) is 14.2 Å². The van der Waals surface area contributed by atoms with E-state index < -0.39 is 0 Å². The molecule has 2 aromatic heterocycles. The molecule has 9 heteroatoms. The van der Waals surface area contributed by atoms with Gasteiger partial charge in [0.25, 0.3) is 11.5 Å². The van der Waals surface area contributed by atoms with Crippen LogP contribution in [0.1, 0.15) is 18.5 Å². The fourth-order valence-corrected chi connectivity index (χ4v) is 3.04. The maximum Gasteiger partial charge on any atom is 0.275 e. The average molecular weight is 401 g/mol. The summed E-state index contributed by atoms with van der Waals surface area (Å²) in [5.41, 5.74) is 0.253. The molecule has 0 bridgehead atoms. The summed E-state index contributed by atoms with van der Waals surface area (Å²) in [6.45, 7) is 3.68. The van der Waals surface area contributed by atoms with Crippen LogP contribution in [0.5, 0.6) is 11.5 Å². The highest BCUT2D eigenvalue weighted by atomic mass is 16.5. The van der Waals surface area contributed by atoms with Crippen molar-refractivity contribution in [3.05, 3.63) is 52.5 Å². The van der Waals surface area contributed by atoms with Gasteiger partial charge in [0.2, 0.25) is 0 Å². The van der Waals surface area contributed by atoms with E-state index in [1.54, 1.807) is 30.5 Å². The van der Waals surface area contributed by atoms with Crippen LogP contribution in [0.3, 0.4) is 0 Å². The first-order chi connectivity index (χ1) is 14.0. The summed E-state index contributed by atoms with van der Waals surface area (Å²) < 4.78 is 15.7. The number of quaternary nitrogens is 1. The molecule has 0 aliphatic rings. The molecule has 1 amide bonds. The van der Waals surface area contributed by atoms with Gasteiger partial charge in [-0.15, -0.1) is 0 Å². The molecule has 154 valence electrons. The van der Waals surface area contributed by atoms with Crippen molar-refractivity contribution in [2.45, 2.75) is 20.0 Å². The molecule has 0 aliphatic carbocycles. The Bertz CT molecular complexity index is 1030. The minimum Gasteiger partial charge on any atom is -0.493 e. The van der Waals surface area contributed by atoms with Crippen molar-refractivity contribution in [2.75, 3.05) is 27.3 Å². The second-order valence-electron chi connectivity index (χ2n) is 6.55. The van der Waals surface area contributed by atoms with E-state index in [9.17, 15) is 9.59 Å². The standard InChI is InChI=1S/C20H24N4O5/c1-4-24(12-19(25)21-10-13-6-5-7-29-13)11-18-22-15-9-17(28-3)16(27-2)8-14(15)20(26)23-18/h5-9H,4,10-12H2,1-3H3,(H,21,25)(H,22,23,26)/p+1. The van der Waals surface area contributed by atoms with Crippen molar-refractivity contribution in [3.63, 3.8) is 0 Å². The summed E-state index contributed by atoms with van der Waals surface area (Å²) in [5, 5.41) is 3.25. The van der Waals surface area contributed by atoms with Crippen LogP contribution in [0.2, 0.25) is 0 Å². The fraction of sp³-hybridized carbons (Fsp3) is 0.350. The number of aromatic nitrogens is 2. The molecule has 29 heavy (non-hydrogen) atoms. The van der Waals surface area contributed by atoms with E-state index in [4.69, 9.17) is 13.9 Å². The molecular formula is C20H25N4O5+. The van der Waals surface area contributed by atoms with Crippen LogP contribution in [-0.2, 0) is 17.9 Å². The average Bonchev–Trinajstić information content (AvgIpc) is 3.24. The minimum atomic E-state index is -0.260. The van der Waals surface area contributed by atoms with Crippen molar-refractivity contribution in [2.24, 2.45) is 0 Å². The molecule has 3 N–H and O–H groups in total. The lowest BCUT2D eigenvalue weighted by Gasteiger charge is -2.17. The molecule has 1 unspecified atom stereocenters. The Morgan fingerprint density at radius 3 is 2.69 bits per heavy atom. The van der Waals surface area contributed by atoms with E-state index in [1.807, 2.05) is 6.92 Å². The third-order valence-corrected chi connectivity index (χ3v) is 4.63. The number of carbonyl (C=O) groups excluding carboxylic acids is 1. The highest BCUT2D eigenvalue weighted by Crippen LogP contribution is 2.29. The lowest BCUT2D eigenvalue weighted by Crippen LogP contribution is -3.11. The quantitative estimate of drug-likeness (QED) is 0.474. The number of methoxy groups -OCH3 is 2. The number of furan rings is 1. The molecule has 0 fully saturated rings. The SMILES string of the molecule is CC[NH+](CC(=O)NCc1ccco1)Cc1nc2cc(OC)c(OC)cc2c(=O)[nH]1. The summed E-state index contributed by atoms with van der Waals surface area (Å²) in [7, 11) is 3.04. The Balaban J connectivity index is 1.73. The Hall–Kier alpha value is -3.33. The Morgan fingerprint density at radius 2 is 2.03 bits per heavy atom. The summed E-state index contributed by atoms with van der Waals surface area (Å²) in [6.07, 6.45) is 1.57. The predicted molar refractivity (Wildman–Crippen MR) is 106 cm³/mol. The topological polar surface area (TPSA) is 111 Å². The van der Waals surface area contributed by atoms with Crippen LogP contribution >= 0.6 is 0 Å². The molecule has 0 saturated carbocycles. The maximum absolute atomic E-state index is 12.5. The van der Waals surface area contributed by atoms with E-state index >= 15 is 0 Å². The third kappa shape index (κ3) is 4.94. The van der Waals surface area contributed by atoms with Crippen LogP contribution in [0.15, 0.2) is 39.7 Å². The predicted octanol–water partition coefficient (Wildman–Crippen LogP) is 0.255. The van der Waals surface area contributed by atoms with E-state index in [-0.39, 0.29) is 18.0 Å². The van der Waals surface area contributed by atoms with Crippen LogP contribution in [-0.4, -0.2) is 43.2 Å². The summed E-state index contributed by atoms with van der Waals surface area (Å²) in [4.78, 5) is 33.0. The highest BCUT2D eigenvalue weighted by molar-refractivity contribution is 5.81. The number of ether oxygens (including phenoxy) is 2. The molecular weight excluding hydrogens is 376 g/mol. The van der Waals surface area contributed by atoms with Gasteiger partial charge in [-0.2, -0.15) is 0 Å². The summed E-state index contributed by atoms with van der Waals surface area (Å²) >= 11 is 0. The zero-order chi connectivity index (χ0) is 20.8. The minimum absolute atomic E-state index is 0.104. The molecule has 0 radical (unpaired) electrons. The van der Waals surface area contributed by atoms with Gasteiger partial charge in [-0.25, -0.2) is 4.98 Å². The second-order valence-corrected chi connectivity index (χ2v) is 6.55. The van der Waals surface area contributed by atoms with Crippen LogP contribution < -0.4 is 25.2 Å². The molecule has 0 aliphatic heterocycles. The number of nitrogens with zero attached hydrogens (tertiary/aromatic N) is 1. The smallest absolute Gasteiger partial charge is 0.275 e. The van der Waals surface area contributed by atoms with Crippen molar-refractivity contribution in [1.29, 1.82) is 0 Å². The van der Waals surface area contributed by atoms with Crippen LogP contribution in [0.25, 0.3) is 10.9 Å². The first-order valence-corrected chi connectivity index (χ1v) is 9.31. The molecule has 1 aromatic carbocycles. The molecule has 0 saturated heterocycles. The normalized spacial score (nSPS) is 12.0. The van der Waals surface area contributed by atoms with Gasteiger partial charge < -0.3 is 29.1 Å². The number of hydrogen-bond acceptors (Lipinski definition) is 6. The number of nitrogens with one attached hydrogen (secondary N) is 3. The van der Waals surface area contributed by atoms with Gasteiger partial charge in [0, 0.05) is 6.07 Å². The van der Waals surface area contributed by atoms with Crippen molar-refractivity contribution < 1.29 is 23.6 Å². The van der Waals surface area contributed by atoms with Gasteiger partial charge in [-0.1, -0.05) is 0 Å². The van der Waals surface area contributed by atoms with E-state index in [0.29, 0.717) is 53.6 Å². The number of benzene rings is 1. The maximum atomic E-state index is 12.5. The number of likely N-dealkylation sites (N-methyl/N-ethyl adjacent to an activating group) is 1. The first-order valence-electron chi connectivity index (χ1n) is 9.31. The summed E-state index contributed by atoms with van der Waals surface area (Å²) in [6, 6.07) is 6.86. The zero-order valence-corrected chi connectivity index (χ0v) is 16.7. The largest absolute Gasteiger partial charge is 0.493 e. The molecule has 3 rings (SSSR count). The van der Waals surface area contributed by atoms with Crippen LogP contribution in [0.4, 0.5) is 0 Å². The highest BCUT2D eigenvalue weighted by Gasteiger charge is 2.17. The van der Waals surface area contributed by atoms with Crippen molar-refractivity contribution in [1.82, 2.24) is 15.3 Å². The number of fused-ring (bicyclic) bond motifs is 1. The third-order valence-electron chi connectivity index (χ3n) is 4.63. The van der Waals surface area contributed by atoms with Gasteiger partial charge in [-0.05, 0) is 25.1 Å². The molecule has 0 spiro atoms. The molecule has 3 aromatic rings. The number of rotatable bonds is 9.